The number of hydrogen-bond donors (Lipinski definition) is 1. The summed E-state index contributed by atoms with van der Waals surface area (Å²) in [6.07, 6.45) is 3.82. The first-order valence-electron chi connectivity index (χ1n) is 13.1. The summed E-state index contributed by atoms with van der Waals surface area (Å²) in [6.45, 7) is 8.76. The van der Waals surface area contributed by atoms with Crippen molar-refractivity contribution in [1.82, 2.24) is 4.90 Å². The molecule has 2 bridgehead atoms. The summed E-state index contributed by atoms with van der Waals surface area (Å²) in [6, 6.07) is 6.08. The van der Waals surface area contributed by atoms with Gasteiger partial charge in [0.05, 0.1) is 19.1 Å². The average Bonchev–Trinajstić information content (AvgIpc) is 3.60. The van der Waals surface area contributed by atoms with Crippen LogP contribution in [0.2, 0.25) is 0 Å². The molecule has 7 nitrogen and oxygen atoms in total. The van der Waals surface area contributed by atoms with Crippen LogP contribution in [0.1, 0.15) is 82.9 Å². The maximum atomic E-state index is 12.8. The Balaban J connectivity index is 1.41. The highest BCUT2D eigenvalue weighted by molar-refractivity contribution is 5.73. The molecule has 3 fully saturated rings. The maximum absolute atomic E-state index is 12.8. The number of aliphatic hydroxyl groups is 1. The molecule has 35 heavy (non-hydrogen) atoms. The highest BCUT2D eigenvalue weighted by Gasteiger charge is 2.59. The number of benzene rings is 1. The van der Waals surface area contributed by atoms with Crippen LogP contribution >= 0.6 is 0 Å². The summed E-state index contributed by atoms with van der Waals surface area (Å²) in [5.41, 5.74) is 0.880. The highest BCUT2D eigenvalue weighted by atomic mass is 16.6. The summed E-state index contributed by atoms with van der Waals surface area (Å²) >= 11 is 0. The van der Waals surface area contributed by atoms with E-state index in [1.54, 1.807) is 0 Å². The molecule has 1 aromatic carbocycles. The molecule has 1 amide bonds. The van der Waals surface area contributed by atoms with Gasteiger partial charge in [0.15, 0.2) is 0 Å². The van der Waals surface area contributed by atoms with Gasteiger partial charge in [0.1, 0.15) is 17.0 Å². The largest absolute Gasteiger partial charge is 0.486 e. The quantitative estimate of drug-likeness (QED) is 0.616. The SMILES string of the molecule is COC(=O)C(C)C(c1ccc2c(c1)OC1(CC2O)[C@@H]2CC[C@H]1CN(C(=O)OC(C)(C)C)C2)C1CC1. The lowest BCUT2D eigenvalue weighted by Gasteiger charge is -2.50. The highest BCUT2D eigenvalue weighted by Crippen LogP contribution is 2.56. The van der Waals surface area contributed by atoms with Crippen LogP contribution in [-0.2, 0) is 14.3 Å². The van der Waals surface area contributed by atoms with Gasteiger partial charge in [-0.1, -0.05) is 19.1 Å². The first-order valence-corrected chi connectivity index (χ1v) is 13.1. The van der Waals surface area contributed by atoms with Crippen molar-refractivity contribution in [2.45, 2.75) is 83.0 Å². The number of ether oxygens (including phenoxy) is 3. The third-order valence-corrected chi connectivity index (χ3v) is 8.61. The molecular weight excluding hydrogens is 446 g/mol. The first kappa shape index (κ1) is 24.4. The normalized spacial score (nSPS) is 31.4. The fraction of sp³-hybridized carbons (Fsp3) is 0.714. The van der Waals surface area contributed by atoms with E-state index < -0.39 is 17.3 Å². The summed E-state index contributed by atoms with van der Waals surface area (Å²) in [5.74, 6) is 1.15. The van der Waals surface area contributed by atoms with Crippen molar-refractivity contribution >= 4 is 12.1 Å². The van der Waals surface area contributed by atoms with Gasteiger partial charge in [-0.3, -0.25) is 4.79 Å². The number of carbonyl (C=O) groups is 2. The van der Waals surface area contributed by atoms with Crippen LogP contribution in [0.15, 0.2) is 18.2 Å². The number of amides is 1. The van der Waals surface area contributed by atoms with Crippen molar-refractivity contribution in [3.8, 4) is 5.75 Å². The second-order valence-electron chi connectivity index (χ2n) is 12.1. The lowest BCUT2D eigenvalue weighted by atomic mass is 9.73. The minimum absolute atomic E-state index is 0.0807. The van der Waals surface area contributed by atoms with Crippen LogP contribution in [-0.4, -0.2) is 53.5 Å². The molecule has 1 N–H and O–H groups in total. The number of likely N-dealkylation sites (tertiary alicyclic amines) is 1. The van der Waals surface area contributed by atoms with Crippen molar-refractivity contribution in [3.05, 3.63) is 29.3 Å². The third-order valence-electron chi connectivity index (χ3n) is 8.61. The zero-order valence-electron chi connectivity index (χ0n) is 21.6. The lowest BCUT2D eigenvalue weighted by Crippen LogP contribution is -2.60. The van der Waals surface area contributed by atoms with Gasteiger partial charge in [0, 0.05) is 36.9 Å². The minimum Gasteiger partial charge on any atom is -0.486 e. The molecule has 7 heteroatoms. The number of nitrogens with zero attached hydrogens (tertiary/aromatic N) is 1. The standard InChI is InChI=1S/C28H39NO6/c1-16(25(31)33-5)24(17-6-7-17)18-8-11-21-22(30)13-28(34-23(21)12-18)19-9-10-20(28)15-29(14-19)26(32)35-27(2,3)4/h8,11-12,16-17,19-20,22,24,30H,6-7,9-10,13-15H2,1-5H3/t16?,19-,20+,22?,24?,28?. The van der Waals surface area contributed by atoms with Crippen LogP contribution in [0.5, 0.6) is 5.75 Å². The van der Waals surface area contributed by atoms with Gasteiger partial charge < -0.3 is 24.2 Å². The third kappa shape index (κ3) is 4.41. The number of carbonyl (C=O) groups excluding carboxylic acids is 2. The molecule has 1 spiro atoms. The van der Waals surface area contributed by atoms with Crippen LogP contribution in [0.4, 0.5) is 4.79 Å². The Labute approximate surface area is 208 Å². The van der Waals surface area contributed by atoms with E-state index in [2.05, 4.69) is 6.07 Å². The minimum atomic E-state index is -0.610. The van der Waals surface area contributed by atoms with Crippen molar-refractivity contribution in [2.24, 2.45) is 23.7 Å². The predicted molar refractivity (Wildman–Crippen MR) is 130 cm³/mol. The van der Waals surface area contributed by atoms with Gasteiger partial charge in [-0.05, 0) is 69.9 Å². The van der Waals surface area contributed by atoms with E-state index in [4.69, 9.17) is 14.2 Å². The fourth-order valence-electron chi connectivity index (χ4n) is 6.84. The summed E-state index contributed by atoms with van der Waals surface area (Å²) < 4.78 is 17.5. The Kier molecular flexibility index (Phi) is 6.06. The molecule has 2 aliphatic carbocycles. The van der Waals surface area contributed by atoms with Gasteiger partial charge >= 0.3 is 12.1 Å². The van der Waals surface area contributed by atoms with E-state index >= 15 is 0 Å². The molecule has 1 aromatic rings. The second-order valence-corrected chi connectivity index (χ2v) is 12.1. The molecule has 192 valence electrons. The van der Waals surface area contributed by atoms with Crippen molar-refractivity contribution in [3.63, 3.8) is 0 Å². The van der Waals surface area contributed by atoms with Gasteiger partial charge in [-0.25, -0.2) is 4.79 Å². The van der Waals surface area contributed by atoms with Crippen molar-refractivity contribution in [1.29, 1.82) is 0 Å². The smallest absolute Gasteiger partial charge is 0.410 e. The van der Waals surface area contributed by atoms with Gasteiger partial charge in [-0.2, -0.15) is 0 Å². The fourth-order valence-corrected chi connectivity index (χ4v) is 6.84. The molecule has 2 aliphatic heterocycles. The number of hydrogen-bond acceptors (Lipinski definition) is 6. The second kappa shape index (κ2) is 8.68. The Morgan fingerprint density at radius 2 is 1.80 bits per heavy atom. The molecule has 2 heterocycles. The van der Waals surface area contributed by atoms with Gasteiger partial charge in [0.25, 0.3) is 0 Å². The van der Waals surface area contributed by atoms with E-state index in [1.165, 1.54) is 7.11 Å². The molecule has 5 rings (SSSR count). The average molecular weight is 486 g/mol. The maximum Gasteiger partial charge on any atom is 0.410 e. The first-order chi connectivity index (χ1) is 16.5. The zero-order valence-corrected chi connectivity index (χ0v) is 21.6. The van der Waals surface area contributed by atoms with Crippen LogP contribution in [0.25, 0.3) is 0 Å². The van der Waals surface area contributed by atoms with Crippen molar-refractivity contribution in [2.75, 3.05) is 20.2 Å². The van der Waals surface area contributed by atoms with E-state index in [0.29, 0.717) is 25.4 Å². The van der Waals surface area contributed by atoms with Crippen LogP contribution in [0, 0.1) is 23.7 Å². The van der Waals surface area contributed by atoms with Gasteiger partial charge in [0.2, 0.25) is 0 Å². The van der Waals surface area contributed by atoms with E-state index in [1.807, 2.05) is 44.7 Å². The molecule has 4 aliphatic rings. The number of rotatable bonds is 4. The lowest BCUT2D eigenvalue weighted by molar-refractivity contribution is -0.145. The summed E-state index contributed by atoms with van der Waals surface area (Å²) in [7, 11) is 1.44. The predicted octanol–water partition coefficient (Wildman–Crippen LogP) is 4.82. The topological polar surface area (TPSA) is 85.3 Å². The summed E-state index contributed by atoms with van der Waals surface area (Å²) in [5, 5.41) is 11.2. The zero-order chi connectivity index (χ0) is 25.1. The van der Waals surface area contributed by atoms with E-state index in [0.717, 1.165) is 42.6 Å². The number of fused-ring (bicyclic) bond motifs is 1. The Morgan fingerprint density at radius 3 is 2.37 bits per heavy atom. The number of piperidine rings is 1. The Morgan fingerprint density at radius 1 is 1.14 bits per heavy atom. The molecular formula is C28H39NO6. The Bertz CT molecular complexity index is 982. The number of aliphatic hydroxyl groups excluding tert-OH is 1. The number of esters is 1. The summed E-state index contributed by atoms with van der Waals surface area (Å²) in [4.78, 5) is 27.0. The van der Waals surface area contributed by atoms with E-state index in [9.17, 15) is 14.7 Å². The molecule has 6 atom stereocenters. The van der Waals surface area contributed by atoms with Crippen LogP contribution < -0.4 is 4.74 Å². The van der Waals surface area contributed by atoms with Crippen molar-refractivity contribution < 1.29 is 28.9 Å². The molecule has 2 saturated carbocycles. The molecule has 1 saturated heterocycles. The monoisotopic (exact) mass is 485 g/mol. The molecule has 4 unspecified atom stereocenters. The number of methoxy groups -OCH3 is 1. The molecule has 0 radical (unpaired) electrons. The van der Waals surface area contributed by atoms with Crippen LogP contribution in [0.3, 0.4) is 0 Å². The van der Waals surface area contributed by atoms with Gasteiger partial charge in [-0.15, -0.1) is 0 Å². The Hall–Kier alpha value is -2.28. The van der Waals surface area contributed by atoms with E-state index in [-0.39, 0.29) is 35.7 Å². The molecule has 0 aromatic heterocycles.